The van der Waals surface area contributed by atoms with Crippen LogP contribution in [0.2, 0.25) is 0 Å². The first kappa shape index (κ1) is 11.7. The molecule has 7 heteroatoms. The van der Waals surface area contributed by atoms with Gasteiger partial charge in [-0.15, -0.1) is 11.6 Å². The number of alkyl halides is 1. The number of amides is 1. The minimum atomic E-state index is -3.48. The van der Waals surface area contributed by atoms with E-state index in [-0.39, 0.29) is 12.5 Å². The lowest BCUT2D eigenvalue weighted by atomic mass is 10.4. The molecule has 1 aliphatic heterocycles. The molecule has 0 unspecified atom stereocenters. The van der Waals surface area contributed by atoms with Crippen LogP contribution in [0, 0.1) is 0 Å². The summed E-state index contributed by atoms with van der Waals surface area (Å²) in [5.41, 5.74) is 0. The molecule has 82 valence electrons. The Labute approximate surface area is 88.5 Å². The maximum atomic E-state index is 11.4. The van der Waals surface area contributed by atoms with Gasteiger partial charge in [-0.25, -0.2) is 13.1 Å². The molecule has 14 heavy (non-hydrogen) atoms. The van der Waals surface area contributed by atoms with Crippen molar-refractivity contribution < 1.29 is 13.2 Å². The SMILES string of the molecule is O=C(CNS(=O)(=O)CCl)N1CCCC1. The van der Waals surface area contributed by atoms with Gasteiger partial charge in [0.1, 0.15) is 5.21 Å². The van der Waals surface area contributed by atoms with Gasteiger partial charge in [0.2, 0.25) is 15.9 Å². The van der Waals surface area contributed by atoms with E-state index >= 15 is 0 Å². The Morgan fingerprint density at radius 3 is 2.43 bits per heavy atom. The van der Waals surface area contributed by atoms with E-state index in [0.717, 1.165) is 25.9 Å². The van der Waals surface area contributed by atoms with Crippen LogP contribution < -0.4 is 4.72 Å². The second-order valence-electron chi connectivity index (χ2n) is 3.13. The molecule has 0 aromatic heterocycles. The van der Waals surface area contributed by atoms with Crippen molar-refractivity contribution in [2.45, 2.75) is 12.8 Å². The molecule has 0 aliphatic carbocycles. The quantitative estimate of drug-likeness (QED) is 0.688. The normalized spacial score (nSPS) is 17.4. The van der Waals surface area contributed by atoms with Gasteiger partial charge in [-0.3, -0.25) is 4.79 Å². The molecule has 0 aromatic rings. The zero-order valence-electron chi connectivity index (χ0n) is 7.70. The van der Waals surface area contributed by atoms with Crippen molar-refractivity contribution in [2.75, 3.05) is 24.8 Å². The molecule has 1 N–H and O–H groups in total. The molecule has 0 spiro atoms. The first-order chi connectivity index (χ1) is 6.55. The molecule has 0 saturated carbocycles. The van der Waals surface area contributed by atoms with E-state index in [9.17, 15) is 13.2 Å². The van der Waals surface area contributed by atoms with Crippen molar-refractivity contribution in [3.8, 4) is 0 Å². The molecule has 0 radical (unpaired) electrons. The summed E-state index contributed by atoms with van der Waals surface area (Å²) in [6.45, 7) is 1.26. The fraction of sp³-hybridized carbons (Fsp3) is 0.857. The van der Waals surface area contributed by atoms with E-state index in [0.29, 0.717) is 0 Å². The Morgan fingerprint density at radius 1 is 1.36 bits per heavy atom. The number of nitrogens with zero attached hydrogens (tertiary/aromatic N) is 1. The third kappa shape index (κ3) is 3.43. The van der Waals surface area contributed by atoms with Crippen LogP contribution >= 0.6 is 11.6 Å². The molecule has 1 aliphatic rings. The minimum absolute atomic E-state index is 0.184. The van der Waals surface area contributed by atoms with Crippen molar-refractivity contribution >= 4 is 27.5 Å². The Balaban J connectivity index is 2.34. The number of sulfonamides is 1. The molecule has 1 rings (SSSR count). The number of hydrogen-bond acceptors (Lipinski definition) is 3. The summed E-state index contributed by atoms with van der Waals surface area (Å²) in [6.07, 6.45) is 1.99. The van der Waals surface area contributed by atoms with Gasteiger partial charge < -0.3 is 4.90 Å². The monoisotopic (exact) mass is 240 g/mol. The average molecular weight is 241 g/mol. The Hall–Kier alpha value is -0.330. The third-order valence-corrected chi connectivity index (χ3v) is 3.78. The maximum absolute atomic E-state index is 11.4. The van der Waals surface area contributed by atoms with Crippen molar-refractivity contribution in [3.05, 3.63) is 0 Å². The first-order valence-electron chi connectivity index (χ1n) is 4.36. The van der Waals surface area contributed by atoms with Crippen LogP contribution in [0.15, 0.2) is 0 Å². The number of carbonyl (C=O) groups is 1. The van der Waals surface area contributed by atoms with E-state index in [1.54, 1.807) is 4.90 Å². The summed E-state index contributed by atoms with van der Waals surface area (Å²) in [5.74, 6) is -0.184. The average Bonchev–Trinajstić information content (AvgIpc) is 2.67. The molecule has 0 aromatic carbocycles. The lowest BCUT2D eigenvalue weighted by molar-refractivity contribution is -0.128. The molecule has 0 bridgehead atoms. The number of nitrogens with one attached hydrogen (secondary N) is 1. The molecular weight excluding hydrogens is 228 g/mol. The van der Waals surface area contributed by atoms with Crippen molar-refractivity contribution in [1.29, 1.82) is 0 Å². The van der Waals surface area contributed by atoms with Gasteiger partial charge in [0, 0.05) is 13.1 Å². The van der Waals surface area contributed by atoms with Crippen LogP contribution in [-0.4, -0.2) is 44.1 Å². The highest BCUT2D eigenvalue weighted by molar-refractivity contribution is 7.90. The summed E-state index contributed by atoms with van der Waals surface area (Å²) in [6, 6.07) is 0. The molecular formula is C7H13ClN2O3S. The molecule has 1 heterocycles. The Bertz CT molecular complexity index is 298. The highest BCUT2D eigenvalue weighted by Gasteiger charge is 2.19. The highest BCUT2D eigenvalue weighted by atomic mass is 35.5. The summed E-state index contributed by atoms with van der Waals surface area (Å²) in [7, 11) is -3.48. The second kappa shape index (κ2) is 4.95. The Kier molecular flexibility index (Phi) is 4.15. The van der Waals surface area contributed by atoms with Crippen LogP contribution in [0.25, 0.3) is 0 Å². The summed E-state index contributed by atoms with van der Waals surface area (Å²) >= 11 is 5.16. The fourth-order valence-electron chi connectivity index (χ4n) is 1.29. The van der Waals surface area contributed by atoms with Crippen LogP contribution in [0.1, 0.15) is 12.8 Å². The highest BCUT2D eigenvalue weighted by Crippen LogP contribution is 2.06. The van der Waals surface area contributed by atoms with Crippen LogP contribution in [0.3, 0.4) is 0 Å². The van der Waals surface area contributed by atoms with Crippen LogP contribution in [0.4, 0.5) is 0 Å². The predicted molar refractivity (Wildman–Crippen MR) is 53.5 cm³/mol. The third-order valence-electron chi connectivity index (χ3n) is 2.05. The van der Waals surface area contributed by atoms with E-state index in [4.69, 9.17) is 11.6 Å². The number of rotatable bonds is 4. The lowest BCUT2D eigenvalue weighted by Crippen LogP contribution is -2.38. The number of carbonyl (C=O) groups excluding carboxylic acids is 1. The topological polar surface area (TPSA) is 66.5 Å². The number of hydrogen-bond donors (Lipinski definition) is 1. The largest absolute Gasteiger partial charge is 0.342 e. The van der Waals surface area contributed by atoms with Gasteiger partial charge in [0.05, 0.1) is 6.54 Å². The molecule has 1 saturated heterocycles. The summed E-state index contributed by atoms with van der Waals surface area (Å²) in [4.78, 5) is 13.0. The van der Waals surface area contributed by atoms with E-state index < -0.39 is 15.2 Å². The van der Waals surface area contributed by atoms with E-state index in [2.05, 4.69) is 4.72 Å². The molecule has 1 fully saturated rings. The van der Waals surface area contributed by atoms with Crippen LogP contribution in [-0.2, 0) is 14.8 Å². The maximum Gasteiger partial charge on any atom is 0.237 e. The standard InChI is InChI=1S/C7H13ClN2O3S/c8-6-14(12,13)9-5-7(11)10-3-1-2-4-10/h9H,1-6H2. The van der Waals surface area contributed by atoms with E-state index in [1.807, 2.05) is 0 Å². The summed E-state index contributed by atoms with van der Waals surface area (Å²) in [5, 5.41) is -0.514. The van der Waals surface area contributed by atoms with Crippen molar-refractivity contribution in [3.63, 3.8) is 0 Å². The van der Waals surface area contributed by atoms with Crippen molar-refractivity contribution in [2.24, 2.45) is 0 Å². The first-order valence-corrected chi connectivity index (χ1v) is 6.55. The van der Waals surface area contributed by atoms with Gasteiger partial charge in [-0.1, -0.05) is 0 Å². The lowest BCUT2D eigenvalue weighted by Gasteiger charge is -2.14. The second-order valence-corrected chi connectivity index (χ2v) is 5.52. The van der Waals surface area contributed by atoms with Gasteiger partial charge in [-0.05, 0) is 12.8 Å². The Morgan fingerprint density at radius 2 is 1.93 bits per heavy atom. The van der Waals surface area contributed by atoms with Gasteiger partial charge in [0.25, 0.3) is 0 Å². The van der Waals surface area contributed by atoms with E-state index in [1.165, 1.54) is 0 Å². The molecule has 5 nitrogen and oxygen atoms in total. The van der Waals surface area contributed by atoms with Gasteiger partial charge in [-0.2, -0.15) is 0 Å². The molecule has 1 amide bonds. The number of likely N-dealkylation sites (tertiary alicyclic amines) is 1. The fourth-order valence-corrected chi connectivity index (χ4v) is 1.94. The predicted octanol–water partition coefficient (Wildman–Crippen LogP) is -0.276. The van der Waals surface area contributed by atoms with Gasteiger partial charge >= 0.3 is 0 Å². The van der Waals surface area contributed by atoms with Gasteiger partial charge in [0.15, 0.2) is 0 Å². The number of halogens is 1. The zero-order valence-corrected chi connectivity index (χ0v) is 9.27. The van der Waals surface area contributed by atoms with Crippen molar-refractivity contribution in [1.82, 2.24) is 9.62 Å². The summed E-state index contributed by atoms with van der Waals surface area (Å²) < 4.78 is 23.9. The van der Waals surface area contributed by atoms with Crippen LogP contribution in [0.5, 0.6) is 0 Å². The smallest absolute Gasteiger partial charge is 0.237 e. The zero-order chi connectivity index (χ0) is 10.6. The molecule has 0 atom stereocenters. The minimum Gasteiger partial charge on any atom is -0.342 e.